The number of halogens is 1. The lowest BCUT2D eigenvalue weighted by Gasteiger charge is -2.16. The molecule has 0 saturated carbocycles. The summed E-state index contributed by atoms with van der Waals surface area (Å²) in [6.07, 6.45) is 5.46. The Morgan fingerprint density at radius 3 is 3.10 bits per heavy atom. The van der Waals surface area contributed by atoms with E-state index in [0.29, 0.717) is 18.7 Å². The molecule has 1 aromatic heterocycles. The number of rotatable bonds is 4. The van der Waals surface area contributed by atoms with Gasteiger partial charge in [-0.15, -0.1) is 0 Å². The van der Waals surface area contributed by atoms with Crippen LogP contribution < -0.4 is 10.6 Å². The molecule has 0 aromatic carbocycles. The summed E-state index contributed by atoms with van der Waals surface area (Å²) < 4.78 is 2.79. The van der Waals surface area contributed by atoms with Crippen LogP contribution in [-0.4, -0.2) is 29.0 Å². The van der Waals surface area contributed by atoms with Gasteiger partial charge < -0.3 is 15.2 Å². The van der Waals surface area contributed by atoms with Gasteiger partial charge in [0.2, 0.25) is 5.91 Å². The highest BCUT2D eigenvalue weighted by molar-refractivity contribution is 9.10. The minimum atomic E-state index is -0.422. The van der Waals surface area contributed by atoms with Crippen molar-refractivity contribution in [2.24, 2.45) is 0 Å². The van der Waals surface area contributed by atoms with E-state index < -0.39 is 6.04 Å². The number of nitrogens with one attached hydrogen (secondary N) is 2. The van der Waals surface area contributed by atoms with Crippen LogP contribution in [0.5, 0.6) is 0 Å². The van der Waals surface area contributed by atoms with Crippen LogP contribution in [0, 0.1) is 0 Å². The molecule has 2 N–H and O–H groups in total. The van der Waals surface area contributed by atoms with Crippen LogP contribution >= 0.6 is 15.9 Å². The zero-order chi connectivity index (χ0) is 14.5. The number of aromatic nitrogens is 1. The van der Waals surface area contributed by atoms with Crippen LogP contribution in [0.2, 0.25) is 0 Å². The predicted molar refractivity (Wildman–Crippen MR) is 80.5 cm³/mol. The maximum absolute atomic E-state index is 12.3. The highest BCUT2D eigenvalue weighted by Gasteiger charge is 2.24. The number of nitrogens with zero attached hydrogens (tertiary/aromatic N) is 1. The van der Waals surface area contributed by atoms with Crippen molar-refractivity contribution in [3.63, 3.8) is 0 Å². The molecule has 0 bridgehead atoms. The molecule has 1 saturated heterocycles. The first-order valence-electron chi connectivity index (χ1n) is 7.06. The van der Waals surface area contributed by atoms with E-state index in [-0.39, 0.29) is 11.8 Å². The van der Waals surface area contributed by atoms with Gasteiger partial charge in [0.1, 0.15) is 11.7 Å². The van der Waals surface area contributed by atoms with E-state index in [4.69, 9.17) is 0 Å². The van der Waals surface area contributed by atoms with Crippen molar-refractivity contribution in [2.75, 3.05) is 6.54 Å². The third-order valence-corrected chi connectivity index (χ3v) is 3.83. The number of carbonyl (C=O) groups is 2. The minimum Gasteiger partial charge on any atom is -0.354 e. The molecule has 0 radical (unpaired) electrons. The van der Waals surface area contributed by atoms with E-state index in [2.05, 4.69) is 33.5 Å². The van der Waals surface area contributed by atoms with Crippen LogP contribution in [0.15, 0.2) is 16.7 Å². The first-order valence-corrected chi connectivity index (χ1v) is 7.85. The van der Waals surface area contributed by atoms with Crippen LogP contribution in [0.25, 0.3) is 0 Å². The van der Waals surface area contributed by atoms with Gasteiger partial charge in [-0.2, -0.15) is 0 Å². The first kappa shape index (κ1) is 15.1. The van der Waals surface area contributed by atoms with Crippen LogP contribution in [0.3, 0.4) is 0 Å². The smallest absolute Gasteiger partial charge is 0.268 e. The van der Waals surface area contributed by atoms with Gasteiger partial charge in [0.05, 0.1) is 0 Å². The van der Waals surface area contributed by atoms with E-state index >= 15 is 0 Å². The Bertz CT molecular complexity index is 499. The van der Waals surface area contributed by atoms with Crippen molar-refractivity contribution < 1.29 is 9.59 Å². The molecular formula is C14H20BrN3O2. The Labute approximate surface area is 127 Å². The molecule has 2 rings (SSSR count). The van der Waals surface area contributed by atoms with Gasteiger partial charge in [0.15, 0.2) is 0 Å². The van der Waals surface area contributed by atoms with E-state index in [9.17, 15) is 9.59 Å². The lowest BCUT2D eigenvalue weighted by molar-refractivity contribution is -0.122. The van der Waals surface area contributed by atoms with Gasteiger partial charge in [-0.1, -0.05) is 6.92 Å². The lowest BCUT2D eigenvalue weighted by atomic mass is 10.1. The van der Waals surface area contributed by atoms with E-state index in [1.807, 2.05) is 10.8 Å². The molecule has 1 aromatic rings. The fourth-order valence-corrected chi connectivity index (χ4v) is 2.86. The molecule has 1 aliphatic rings. The summed E-state index contributed by atoms with van der Waals surface area (Å²) >= 11 is 3.39. The van der Waals surface area contributed by atoms with Gasteiger partial charge in [-0.25, -0.2) is 0 Å². The Hall–Kier alpha value is -1.30. The van der Waals surface area contributed by atoms with Crippen molar-refractivity contribution in [3.05, 3.63) is 22.4 Å². The standard InChI is InChI=1S/C14H20BrN3O2/c1-2-7-18-9-10(15)8-12(18)14(20)17-11-5-3-4-6-16-13(11)19/h8-9,11H,2-7H2,1H3,(H,16,19)(H,17,20). The molecule has 1 unspecified atom stereocenters. The van der Waals surface area contributed by atoms with Crippen molar-refractivity contribution in [1.82, 2.24) is 15.2 Å². The highest BCUT2D eigenvalue weighted by atomic mass is 79.9. The number of aryl methyl sites for hydroxylation is 1. The quantitative estimate of drug-likeness (QED) is 0.880. The van der Waals surface area contributed by atoms with Crippen LogP contribution in [0.4, 0.5) is 0 Å². The fourth-order valence-electron chi connectivity index (χ4n) is 2.40. The summed E-state index contributed by atoms with van der Waals surface area (Å²) in [6.45, 7) is 3.54. The van der Waals surface area contributed by atoms with Gasteiger partial charge in [0.25, 0.3) is 5.91 Å². The molecule has 20 heavy (non-hydrogen) atoms. The molecule has 2 heterocycles. The second kappa shape index (κ2) is 6.92. The summed E-state index contributed by atoms with van der Waals surface area (Å²) in [6, 6.07) is 1.37. The molecular weight excluding hydrogens is 322 g/mol. The zero-order valence-corrected chi connectivity index (χ0v) is 13.2. The van der Waals surface area contributed by atoms with Crippen molar-refractivity contribution in [1.29, 1.82) is 0 Å². The Kier molecular flexibility index (Phi) is 5.23. The molecule has 6 heteroatoms. The average molecular weight is 342 g/mol. The minimum absolute atomic E-state index is 0.0801. The molecule has 5 nitrogen and oxygen atoms in total. The third-order valence-electron chi connectivity index (χ3n) is 3.40. The largest absolute Gasteiger partial charge is 0.354 e. The SMILES string of the molecule is CCCn1cc(Br)cc1C(=O)NC1CCCCNC1=O. The average Bonchev–Trinajstić information content (AvgIpc) is 2.66. The first-order chi connectivity index (χ1) is 9.61. The fraction of sp³-hybridized carbons (Fsp3) is 0.571. The lowest BCUT2D eigenvalue weighted by Crippen LogP contribution is -2.45. The Morgan fingerprint density at radius 2 is 2.35 bits per heavy atom. The van der Waals surface area contributed by atoms with Crippen LogP contribution in [-0.2, 0) is 11.3 Å². The monoisotopic (exact) mass is 341 g/mol. The molecule has 2 amide bonds. The molecule has 0 aliphatic carbocycles. The number of amides is 2. The highest BCUT2D eigenvalue weighted by Crippen LogP contribution is 2.16. The predicted octanol–water partition coefficient (Wildman–Crippen LogP) is 2.06. The van der Waals surface area contributed by atoms with E-state index in [1.54, 1.807) is 6.07 Å². The molecule has 110 valence electrons. The molecule has 1 aliphatic heterocycles. The van der Waals surface area contributed by atoms with Crippen LogP contribution in [0.1, 0.15) is 43.1 Å². The van der Waals surface area contributed by atoms with Gasteiger partial charge >= 0.3 is 0 Å². The Morgan fingerprint density at radius 1 is 1.55 bits per heavy atom. The van der Waals surface area contributed by atoms with Gasteiger partial charge in [-0.3, -0.25) is 9.59 Å². The summed E-state index contributed by atoms with van der Waals surface area (Å²) in [5.74, 6) is -0.269. The van der Waals surface area contributed by atoms with E-state index in [0.717, 1.165) is 30.3 Å². The maximum atomic E-state index is 12.3. The van der Waals surface area contributed by atoms with Gasteiger partial charge in [0, 0.05) is 23.8 Å². The molecule has 1 fully saturated rings. The number of hydrogen-bond acceptors (Lipinski definition) is 2. The normalized spacial score (nSPS) is 19.3. The van der Waals surface area contributed by atoms with Crippen molar-refractivity contribution in [3.8, 4) is 0 Å². The van der Waals surface area contributed by atoms with Crippen molar-refractivity contribution >= 4 is 27.7 Å². The number of carbonyl (C=O) groups excluding carboxylic acids is 2. The topological polar surface area (TPSA) is 63.1 Å². The second-order valence-electron chi connectivity index (χ2n) is 5.05. The third kappa shape index (κ3) is 3.62. The van der Waals surface area contributed by atoms with E-state index in [1.165, 1.54) is 0 Å². The maximum Gasteiger partial charge on any atom is 0.268 e. The summed E-state index contributed by atoms with van der Waals surface area (Å²) in [5, 5.41) is 5.67. The second-order valence-corrected chi connectivity index (χ2v) is 5.97. The Balaban J connectivity index is 2.09. The summed E-state index contributed by atoms with van der Waals surface area (Å²) in [5.41, 5.74) is 0.593. The molecule has 1 atom stereocenters. The summed E-state index contributed by atoms with van der Waals surface area (Å²) in [4.78, 5) is 24.2. The summed E-state index contributed by atoms with van der Waals surface area (Å²) in [7, 11) is 0. The van der Waals surface area contributed by atoms with Gasteiger partial charge in [-0.05, 0) is 47.7 Å². The molecule has 0 spiro atoms. The van der Waals surface area contributed by atoms with Crippen molar-refractivity contribution in [2.45, 2.75) is 45.2 Å². The zero-order valence-electron chi connectivity index (χ0n) is 11.6. The number of hydrogen-bond donors (Lipinski definition) is 2.